The fourth-order valence-electron chi connectivity index (χ4n) is 1.03. The van der Waals surface area contributed by atoms with Gasteiger partial charge >= 0.3 is 5.97 Å². The van der Waals surface area contributed by atoms with E-state index in [9.17, 15) is 4.79 Å². The van der Waals surface area contributed by atoms with E-state index in [1.54, 1.807) is 6.08 Å². The van der Waals surface area contributed by atoms with Crippen molar-refractivity contribution in [3.63, 3.8) is 0 Å². The number of unbranched alkanes of at least 4 members (excludes halogenated alkanes) is 1. The average Bonchev–Trinajstić information content (AvgIpc) is 2.17. The van der Waals surface area contributed by atoms with Gasteiger partial charge in [0.25, 0.3) is 0 Å². The maximum absolute atomic E-state index is 10.7. The van der Waals surface area contributed by atoms with Crippen LogP contribution in [0.3, 0.4) is 0 Å². The minimum absolute atomic E-state index is 0.0148. The minimum atomic E-state index is -0.314. The van der Waals surface area contributed by atoms with Gasteiger partial charge in [0.2, 0.25) is 0 Å². The molecule has 0 aliphatic heterocycles. The van der Waals surface area contributed by atoms with Crippen LogP contribution in [0.25, 0.3) is 0 Å². The lowest BCUT2D eigenvalue weighted by Gasteiger charge is -2.20. The molecule has 0 aliphatic carbocycles. The molecule has 0 radical (unpaired) electrons. The number of methoxy groups -OCH3 is 1. The highest BCUT2D eigenvalue weighted by atomic mass is 16.5. The smallest absolute Gasteiger partial charge is 0.330 e. The topological polar surface area (TPSA) is 46.5 Å². The van der Waals surface area contributed by atoms with Crippen LogP contribution in [-0.2, 0) is 9.53 Å². The summed E-state index contributed by atoms with van der Waals surface area (Å²) in [5, 5.41) is 8.98. The lowest BCUT2D eigenvalue weighted by atomic mass is 9.88. The van der Waals surface area contributed by atoms with E-state index in [-0.39, 0.29) is 18.0 Å². The molecule has 0 aromatic heterocycles. The summed E-state index contributed by atoms with van der Waals surface area (Å²) in [6.45, 7) is 4.25. The standard InChI is InChI=1S/C11H20O3/c1-11(2,9-12)8-6-4-5-7-10(13)14-3/h5,7,12H,4,6,8-9H2,1-3H3. The van der Waals surface area contributed by atoms with Crippen molar-refractivity contribution in [3.8, 4) is 0 Å². The van der Waals surface area contributed by atoms with Gasteiger partial charge in [0.1, 0.15) is 0 Å². The van der Waals surface area contributed by atoms with Gasteiger partial charge < -0.3 is 9.84 Å². The van der Waals surface area contributed by atoms with Gasteiger partial charge in [-0.15, -0.1) is 0 Å². The number of aliphatic hydroxyl groups is 1. The summed E-state index contributed by atoms with van der Waals surface area (Å²) >= 11 is 0. The Labute approximate surface area is 85.8 Å². The highest BCUT2D eigenvalue weighted by molar-refractivity contribution is 5.81. The van der Waals surface area contributed by atoms with Crippen molar-refractivity contribution in [2.24, 2.45) is 5.41 Å². The monoisotopic (exact) mass is 200 g/mol. The predicted molar refractivity (Wildman–Crippen MR) is 55.9 cm³/mol. The molecule has 14 heavy (non-hydrogen) atoms. The molecule has 0 aromatic carbocycles. The molecule has 0 aromatic rings. The van der Waals surface area contributed by atoms with Crippen LogP contribution in [0, 0.1) is 5.41 Å². The minimum Gasteiger partial charge on any atom is -0.466 e. The zero-order chi connectivity index (χ0) is 11.0. The molecule has 0 spiro atoms. The molecule has 0 saturated carbocycles. The van der Waals surface area contributed by atoms with E-state index in [4.69, 9.17) is 5.11 Å². The fraction of sp³-hybridized carbons (Fsp3) is 0.727. The Kier molecular flexibility index (Phi) is 6.21. The Hall–Kier alpha value is -0.830. The van der Waals surface area contributed by atoms with Crippen LogP contribution in [0.15, 0.2) is 12.2 Å². The fourth-order valence-corrected chi connectivity index (χ4v) is 1.03. The normalized spacial score (nSPS) is 12.0. The number of hydrogen-bond acceptors (Lipinski definition) is 3. The highest BCUT2D eigenvalue weighted by Crippen LogP contribution is 2.21. The number of rotatable bonds is 6. The number of carbonyl (C=O) groups excluding carboxylic acids is 1. The zero-order valence-electron chi connectivity index (χ0n) is 9.25. The molecule has 3 heteroatoms. The molecule has 3 nitrogen and oxygen atoms in total. The summed E-state index contributed by atoms with van der Waals surface area (Å²) < 4.78 is 4.45. The SMILES string of the molecule is COC(=O)C=CCCCC(C)(C)CO. The van der Waals surface area contributed by atoms with E-state index in [0.717, 1.165) is 19.3 Å². The summed E-state index contributed by atoms with van der Waals surface area (Å²) in [6, 6.07) is 0. The molecule has 0 rings (SSSR count). The molecular weight excluding hydrogens is 180 g/mol. The van der Waals surface area contributed by atoms with Crippen molar-refractivity contribution in [3.05, 3.63) is 12.2 Å². The van der Waals surface area contributed by atoms with Gasteiger partial charge in [-0.3, -0.25) is 0 Å². The van der Waals surface area contributed by atoms with E-state index in [2.05, 4.69) is 4.74 Å². The Morgan fingerprint density at radius 2 is 2.14 bits per heavy atom. The first-order chi connectivity index (χ1) is 6.52. The Bertz CT molecular complexity index is 195. The van der Waals surface area contributed by atoms with E-state index >= 15 is 0 Å². The molecule has 0 heterocycles. The summed E-state index contributed by atoms with van der Waals surface area (Å²) in [5.74, 6) is -0.314. The Morgan fingerprint density at radius 1 is 1.50 bits per heavy atom. The van der Waals surface area contributed by atoms with Crippen molar-refractivity contribution < 1.29 is 14.6 Å². The molecule has 0 unspecified atom stereocenters. The third kappa shape index (κ3) is 6.66. The largest absolute Gasteiger partial charge is 0.466 e. The second-order valence-electron chi connectivity index (χ2n) is 4.14. The molecule has 0 bridgehead atoms. The van der Waals surface area contributed by atoms with Crippen molar-refractivity contribution in [2.75, 3.05) is 13.7 Å². The van der Waals surface area contributed by atoms with Gasteiger partial charge in [0, 0.05) is 12.7 Å². The second-order valence-corrected chi connectivity index (χ2v) is 4.14. The first-order valence-electron chi connectivity index (χ1n) is 4.87. The van der Waals surface area contributed by atoms with Gasteiger partial charge in [-0.2, -0.15) is 0 Å². The quantitative estimate of drug-likeness (QED) is 0.404. The van der Waals surface area contributed by atoms with Crippen LogP contribution in [-0.4, -0.2) is 24.8 Å². The number of ether oxygens (including phenoxy) is 1. The molecule has 82 valence electrons. The third-order valence-corrected chi connectivity index (χ3v) is 2.11. The molecule has 0 aliphatic rings. The highest BCUT2D eigenvalue weighted by Gasteiger charge is 2.14. The lowest BCUT2D eigenvalue weighted by Crippen LogP contribution is -2.15. The van der Waals surface area contributed by atoms with E-state index in [0.29, 0.717) is 0 Å². The third-order valence-electron chi connectivity index (χ3n) is 2.11. The number of allylic oxidation sites excluding steroid dienone is 1. The molecular formula is C11H20O3. The predicted octanol–water partition coefficient (Wildman–Crippen LogP) is 1.90. The zero-order valence-corrected chi connectivity index (χ0v) is 9.25. The maximum atomic E-state index is 10.7. The van der Waals surface area contributed by atoms with Gasteiger partial charge in [0.05, 0.1) is 7.11 Å². The van der Waals surface area contributed by atoms with E-state index in [1.165, 1.54) is 13.2 Å². The molecule has 0 fully saturated rings. The lowest BCUT2D eigenvalue weighted by molar-refractivity contribution is -0.134. The molecule has 1 N–H and O–H groups in total. The van der Waals surface area contributed by atoms with Crippen molar-refractivity contribution >= 4 is 5.97 Å². The summed E-state index contributed by atoms with van der Waals surface area (Å²) in [5.41, 5.74) is -0.0148. The van der Waals surface area contributed by atoms with Crippen LogP contribution in [0.1, 0.15) is 33.1 Å². The van der Waals surface area contributed by atoms with Crippen molar-refractivity contribution in [2.45, 2.75) is 33.1 Å². The molecule has 0 atom stereocenters. The molecule has 0 amide bonds. The average molecular weight is 200 g/mol. The molecule has 0 saturated heterocycles. The second kappa shape index (κ2) is 6.60. The van der Waals surface area contributed by atoms with Gasteiger partial charge in [0.15, 0.2) is 0 Å². The van der Waals surface area contributed by atoms with Crippen LogP contribution in [0.4, 0.5) is 0 Å². The van der Waals surface area contributed by atoms with Crippen LogP contribution in [0.5, 0.6) is 0 Å². The van der Waals surface area contributed by atoms with E-state index < -0.39 is 0 Å². The van der Waals surface area contributed by atoms with Gasteiger partial charge in [-0.25, -0.2) is 4.79 Å². The first kappa shape index (κ1) is 13.2. The van der Waals surface area contributed by atoms with Gasteiger partial charge in [-0.1, -0.05) is 19.9 Å². The van der Waals surface area contributed by atoms with Crippen molar-refractivity contribution in [1.29, 1.82) is 0 Å². The van der Waals surface area contributed by atoms with Crippen LogP contribution >= 0.6 is 0 Å². The summed E-state index contributed by atoms with van der Waals surface area (Å²) in [6.07, 6.45) is 6.01. The summed E-state index contributed by atoms with van der Waals surface area (Å²) in [7, 11) is 1.36. The first-order valence-corrected chi connectivity index (χ1v) is 4.87. The Balaban J connectivity index is 3.56. The maximum Gasteiger partial charge on any atom is 0.330 e. The van der Waals surface area contributed by atoms with Crippen LogP contribution in [0.2, 0.25) is 0 Å². The van der Waals surface area contributed by atoms with Crippen LogP contribution < -0.4 is 0 Å². The van der Waals surface area contributed by atoms with Crippen molar-refractivity contribution in [1.82, 2.24) is 0 Å². The number of aliphatic hydroxyl groups excluding tert-OH is 1. The number of carbonyl (C=O) groups is 1. The number of hydrogen-bond donors (Lipinski definition) is 1. The van der Waals surface area contributed by atoms with E-state index in [1.807, 2.05) is 13.8 Å². The van der Waals surface area contributed by atoms with Gasteiger partial charge in [-0.05, 0) is 24.7 Å². The number of esters is 1. The Morgan fingerprint density at radius 3 is 2.64 bits per heavy atom. The summed E-state index contributed by atoms with van der Waals surface area (Å²) in [4.78, 5) is 10.7.